The van der Waals surface area contributed by atoms with Crippen molar-refractivity contribution >= 4 is 11.6 Å². The third-order valence-corrected chi connectivity index (χ3v) is 4.00. The molecule has 25 heavy (non-hydrogen) atoms. The normalized spacial score (nSPS) is 10.5. The first kappa shape index (κ1) is 16.6. The minimum atomic E-state index is -0.446. The van der Waals surface area contributed by atoms with Crippen LogP contribution in [0.4, 0.5) is 10.1 Å². The number of halogens is 1. The summed E-state index contributed by atoms with van der Waals surface area (Å²) in [7, 11) is 1.62. The number of nitrogens with zero attached hydrogens (tertiary/aromatic N) is 2. The highest BCUT2D eigenvalue weighted by Crippen LogP contribution is 2.13. The van der Waals surface area contributed by atoms with Crippen LogP contribution in [0.3, 0.4) is 0 Å². The van der Waals surface area contributed by atoms with Gasteiger partial charge in [-0.05, 0) is 30.3 Å². The number of hydrogen-bond acceptors (Lipinski definition) is 2. The van der Waals surface area contributed by atoms with Crippen molar-refractivity contribution in [3.63, 3.8) is 0 Å². The highest BCUT2D eigenvalue weighted by atomic mass is 19.1. The number of pyridine rings is 1. The third-order valence-electron chi connectivity index (χ3n) is 4.00. The van der Waals surface area contributed by atoms with Gasteiger partial charge in [-0.2, -0.15) is 0 Å². The summed E-state index contributed by atoms with van der Waals surface area (Å²) in [4.78, 5) is 26.8. The summed E-state index contributed by atoms with van der Waals surface area (Å²) in [6.07, 6.45) is 1.55. The van der Waals surface area contributed by atoms with Crippen molar-refractivity contribution in [2.45, 2.75) is 6.54 Å². The van der Waals surface area contributed by atoms with Gasteiger partial charge in [-0.15, -0.1) is 0 Å². The quantitative estimate of drug-likeness (QED) is 0.733. The van der Waals surface area contributed by atoms with Gasteiger partial charge in [0.2, 0.25) is 0 Å². The summed E-state index contributed by atoms with van der Waals surface area (Å²) in [6, 6.07) is 18.4. The van der Waals surface area contributed by atoms with Gasteiger partial charge in [0.15, 0.2) is 0 Å². The van der Waals surface area contributed by atoms with Crippen molar-refractivity contribution in [3.05, 3.63) is 100 Å². The average molecular weight is 336 g/mol. The fourth-order valence-corrected chi connectivity index (χ4v) is 2.58. The molecule has 0 N–H and O–H groups in total. The average Bonchev–Trinajstić information content (AvgIpc) is 2.65. The van der Waals surface area contributed by atoms with E-state index in [-0.39, 0.29) is 17.9 Å². The number of amides is 1. The highest BCUT2D eigenvalue weighted by molar-refractivity contribution is 6.05. The second kappa shape index (κ2) is 7.13. The minimum Gasteiger partial charge on any atom is -0.311 e. The van der Waals surface area contributed by atoms with E-state index in [0.717, 1.165) is 0 Å². The van der Waals surface area contributed by atoms with E-state index in [2.05, 4.69) is 0 Å². The summed E-state index contributed by atoms with van der Waals surface area (Å²) in [6.45, 7) is 0.0711. The van der Waals surface area contributed by atoms with E-state index in [1.54, 1.807) is 49.6 Å². The lowest BCUT2D eigenvalue weighted by atomic mass is 10.2. The Morgan fingerprint density at radius 1 is 1.00 bits per heavy atom. The lowest BCUT2D eigenvalue weighted by Gasteiger charge is -2.17. The Labute approximate surface area is 144 Å². The molecule has 0 aliphatic rings. The van der Waals surface area contributed by atoms with Crippen LogP contribution in [0.2, 0.25) is 0 Å². The molecule has 0 aliphatic heterocycles. The van der Waals surface area contributed by atoms with Gasteiger partial charge < -0.3 is 9.47 Å². The number of anilines is 1. The molecule has 0 atom stereocenters. The molecule has 0 aliphatic carbocycles. The second-order valence-corrected chi connectivity index (χ2v) is 5.65. The number of hydrogen-bond donors (Lipinski definition) is 0. The van der Waals surface area contributed by atoms with Crippen molar-refractivity contribution in [1.82, 2.24) is 4.57 Å². The summed E-state index contributed by atoms with van der Waals surface area (Å²) >= 11 is 0. The molecule has 1 aromatic heterocycles. The number of benzene rings is 2. The van der Waals surface area contributed by atoms with Gasteiger partial charge >= 0.3 is 0 Å². The van der Waals surface area contributed by atoms with Crippen LogP contribution >= 0.6 is 0 Å². The van der Waals surface area contributed by atoms with Crippen molar-refractivity contribution in [1.29, 1.82) is 0 Å². The van der Waals surface area contributed by atoms with Gasteiger partial charge in [0, 0.05) is 24.5 Å². The Morgan fingerprint density at radius 3 is 2.40 bits per heavy atom. The smallest absolute Gasteiger partial charge is 0.263 e. The zero-order chi connectivity index (χ0) is 17.8. The lowest BCUT2D eigenvalue weighted by Crippen LogP contribution is -2.34. The highest BCUT2D eigenvalue weighted by Gasteiger charge is 2.18. The first-order valence-corrected chi connectivity index (χ1v) is 7.84. The molecule has 126 valence electrons. The maximum atomic E-state index is 13.8. The second-order valence-electron chi connectivity index (χ2n) is 5.65. The Bertz CT molecular complexity index is 951. The number of aromatic nitrogens is 1. The molecule has 0 radical (unpaired) electrons. The number of carbonyl (C=O) groups is 1. The van der Waals surface area contributed by atoms with E-state index in [9.17, 15) is 14.0 Å². The monoisotopic (exact) mass is 336 g/mol. The molecule has 0 spiro atoms. The summed E-state index contributed by atoms with van der Waals surface area (Å²) in [5, 5.41) is 0. The predicted molar refractivity (Wildman–Crippen MR) is 95.4 cm³/mol. The summed E-state index contributed by atoms with van der Waals surface area (Å²) in [5.74, 6) is -0.786. The van der Waals surface area contributed by atoms with Crippen LogP contribution in [0.15, 0.2) is 77.7 Å². The molecule has 1 amide bonds. The number of para-hydroxylation sites is 1. The zero-order valence-corrected chi connectivity index (χ0v) is 13.7. The molecule has 0 saturated carbocycles. The van der Waals surface area contributed by atoms with Crippen LogP contribution in [0, 0.1) is 5.82 Å². The zero-order valence-electron chi connectivity index (χ0n) is 13.7. The number of carbonyl (C=O) groups excluding carboxylic acids is 1. The van der Waals surface area contributed by atoms with Crippen molar-refractivity contribution in [3.8, 4) is 0 Å². The fraction of sp³-hybridized carbons (Fsp3) is 0.100. The lowest BCUT2D eigenvalue weighted by molar-refractivity contribution is 0.0991. The molecule has 0 fully saturated rings. The first-order valence-electron chi connectivity index (χ1n) is 7.84. The van der Waals surface area contributed by atoms with Gasteiger partial charge in [-0.1, -0.05) is 36.4 Å². The van der Waals surface area contributed by atoms with E-state index in [4.69, 9.17) is 0 Å². The van der Waals surface area contributed by atoms with Crippen LogP contribution in [-0.2, 0) is 6.54 Å². The van der Waals surface area contributed by atoms with Crippen molar-refractivity contribution in [2.24, 2.45) is 0 Å². The molecule has 1 heterocycles. The van der Waals surface area contributed by atoms with Gasteiger partial charge in [-0.3, -0.25) is 9.59 Å². The van der Waals surface area contributed by atoms with Gasteiger partial charge in [-0.25, -0.2) is 4.39 Å². The Balaban J connectivity index is 1.92. The van der Waals surface area contributed by atoms with Gasteiger partial charge in [0.25, 0.3) is 11.5 Å². The Kier molecular flexibility index (Phi) is 4.75. The molecule has 4 nitrogen and oxygen atoms in total. The minimum absolute atomic E-state index is 0.0465. The maximum absolute atomic E-state index is 13.8. The number of rotatable bonds is 4. The largest absolute Gasteiger partial charge is 0.311 e. The van der Waals surface area contributed by atoms with Crippen LogP contribution in [-0.4, -0.2) is 17.5 Å². The predicted octanol–water partition coefficient (Wildman–Crippen LogP) is 3.31. The first-order chi connectivity index (χ1) is 12.1. The molecule has 0 saturated heterocycles. The topological polar surface area (TPSA) is 42.3 Å². The van der Waals surface area contributed by atoms with E-state index in [0.29, 0.717) is 11.3 Å². The molecule has 5 heteroatoms. The molecule has 3 aromatic rings. The van der Waals surface area contributed by atoms with Gasteiger partial charge in [0.05, 0.1) is 6.54 Å². The van der Waals surface area contributed by atoms with Crippen LogP contribution < -0.4 is 10.5 Å². The van der Waals surface area contributed by atoms with E-state index >= 15 is 0 Å². The van der Waals surface area contributed by atoms with Crippen molar-refractivity contribution in [2.75, 3.05) is 11.9 Å². The third kappa shape index (κ3) is 3.50. The standard InChI is InChI=1S/C20H17FN2O2/c1-22(16-9-3-2-4-10-16)19(24)17-11-7-13-23(20(17)25)14-15-8-5-6-12-18(15)21/h2-13H,14H2,1H3. The SMILES string of the molecule is CN(C(=O)c1cccn(Cc2ccccc2F)c1=O)c1ccccc1. The molecule has 2 aromatic carbocycles. The molecular formula is C20H17FN2O2. The molecule has 0 bridgehead atoms. The summed E-state index contributed by atoms with van der Waals surface area (Å²) < 4.78 is 15.2. The van der Waals surface area contributed by atoms with Crippen LogP contribution in [0.1, 0.15) is 15.9 Å². The molecular weight excluding hydrogens is 319 g/mol. The maximum Gasteiger partial charge on any atom is 0.263 e. The van der Waals surface area contributed by atoms with Crippen molar-refractivity contribution < 1.29 is 9.18 Å². The van der Waals surface area contributed by atoms with Crippen LogP contribution in [0.25, 0.3) is 0 Å². The Hall–Kier alpha value is -3.21. The fourth-order valence-electron chi connectivity index (χ4n) is 2.58. The van der Waals surface area contributed by atoms with Crippen LogP contribution in [0.5, 0.6) is 0 Å². The van der Waals surface area contributed by atoms with E-state index < -0.39 is 11.5 Å². The summed E-state index contributed by atoms with van der Waals surface area (Å²) in [5.41, 5.74) is 0.686. The molecule has 0 unspecified atom stereocenters. The van der Waals surface area contributed by atoms with E-state index in [1.807, 2.05) is 18.2 Å². The van der Waals surface area contributed by atoms with Gasteiger partial charge in [0.1, 0.15) is 11.4 Å². The Morgan fingerprint density at radius 2 is 1.68 bits per heavy atom. The van der Waals surface area contributed by atoms with E-state index in [1.165, 1.54) is 21.6 Å². The molecule has 3 rings (SSSR count).